The maximum absolute atomic E-state index is 13.4. The van der Waals surface area contributed by atoms with Crippen LogP contribution < -0.4 is 4.90 Å². The first-order chi connectivity index (χ1) is 15.8. The molecule has 0 bridgehead atoms. The molecule has 0 amide bonds. The first-order valence-corrected chi connectivity index (χ1v) is 11.4. The average Bonchev–Trinajstić information content (AvgIpc) is 2.81. The van der Waals surface area contributed by atoms with E-state index in [4.69, 9.17) is 4.99 Å². The van der Waals surface area contributed by atoms with Crippen LogP contribution in [0.25, 0.3) is 5.70 Å². The van der Waals surface area contributed by atoms with Crippen LogP contribution in [-0.4, -0.2) is 67.8 Å². The van der Waals surface area contributed by atoms with Crippen molar-refractivity contribution in [3.05, 3.63) is 78.1 Å². The minimum atomic E-state index is -0.0544. The summed E-state index contributed by atoms with van der Waals surface area (Å²) in [5.41, 5.74) is 4.84. The Morgan fingerprint density at radius 2 is 1.88 bits per heavy atom. The largest absolute Gasteiger partial charge is 0.377 e. The van der Waals surface area contributed by atoms with Crippen LogP contribution in [0.1, 0.15) is 34.3 Å². The average molecular weight is 446 g/mol. The maximum atomic E-state index is 13.4. The van der Waals surface area contributed by atoms with Gasteiger partial charge in [0.2, 0.25) is 5.96 Å². The number of Topliss-reactive ketones (excluding diaryl/α,β-unsaturated/α-hetero) is 1. The highest BCUT2D eigenvalue weighted by molar-refractivity contribution is 5.99. The maximum Gasteiger partial charge on any atom is 0.201 e. The van der Waals surface area contributed by atoms with Crippen LogP contribution in [0.15, 0.2) is 66.4 Å². The number of piperidine rings is 1. The van der Waals surface area contributed by atoms with Crippen molar-refractivity contribution in [1.29, 1.82) is 0 Å². The number of hydrogen-bond acceptors (Lipinski definition) is 4. The molecule has 6 heteroatoms. The van der Waals surface area contributed by atoms with Gasteiger partial charge in [-0.2, -0.15) is 0 Å². The molecule has 0 saturated carbocycles. The van der Waals surface area contributed by atoms with E-state index in [1.165, 1.54) is 0 Å². The third-order valence-electron chi connectivity index (χ3n) is 5.91. The number of ketones is 1. The molecule has 1 aromatic heterocycles. The number of rotatable bonds is 6. The van der Waals surface area contributed by atoms with E-state index in [-0.39, 0.29) is 11.7 Å². The molecule has 1 saturated heterocycles. The van der Waals surface area contributed by atoms with E-state index in [0.717, 1.165) is 53.4 Å². The highest BCUT2D eigenvalue weighted by atomic mass is 16.1. The molecule has 2 heterocycles. The fraction of sp³-hybridized carbons (Fsp3) is 0.370. The lowest BCUT2D eigenvalue weighted by molar-refractivity contribution is 0.0861. The summed E-state index contributed by atoms with van der Waals surface area (Å²) in [4.78, 5) is 28.8. The van der Waals surface area contributed by atoms with Gasteiger partial charge in [0.1, 0.15) is 0 Å². The lowest BCUT2D eigenvalue weighted by Crippen LogP contribution is -2.47. The molecule has 1 atom stereocenters. The predicted molar refractivity (Wildman–Crippen MR) is 138 cm³/mol. The molecule has 0 spiro atoms. The van der Waals surface area contributed by atoms with Crippen LogP contribution in [0.2, 0.25) is 0 Å². The Morgan fingerprint density at radius 3 is 2.48 bits per heavy atom. The molecular formula is C27H35N5O. The molecular weight excluding hydrogens is 410 g/mol. The van der Waals surface area contributed by atoms with Crippen molar-refractivity contribution in [3.8, 4) is 0 Å². The van der Waals surface area contributed by atoms with E-state index in [2.05, 4.69) is 28.3 Å². The van der Waals surface area contributed by atoms with E-state index < -0.39 is 0 Å². The third kappa shape index (κ3) is 5.89. The molecule has 0 N–H and O–H groups in total. The van der Waals surface area contributed by atoms with Crippen molar-refractivity contribution in [2.75, 3.05) is 46.2 Å². The monoisotopic (exact) mass is 445 g/mol. The van der Waals surface area contributed by atoms with Crippen molar-refractivity contribution in [1.82, 2.24) is 14.8 Å². The zero-order chi connectivity index (χ0) is 24.0. The standard InChI is InChI=1S/C27H35N5O/c1-7-9-24(21-13-15-28-16-14-21)29-27(31(5)6)32-17-8-10-23(19-32)26(33)22-11-12-25(30(3)4)20(2)18-22/h7,9,11-16,18,23H,1,8,10,17,19H2,2-6H3/b24-9-,29-27?. The molecule has 1 unspecified atom stereocenters. The van der Waals surface area contributed by atoms with Crippen molar-refractivity contribution >= 4 is 23.1 Å². The molecule has 6 nitrogen and oxygen atoms in total. The number of likely N-dealkylation sites (tertiary alicyclic amines) is 1. The number of benzene rings is 1. The summed E-state index contributed by atoms with van der Waals surface area (Å²) in [7, 11) is 8.02. The summed E-state index contributed by atoms with van der Waals surface area (Å²) in [5, 5.41) is 0. The number of hydrogen-bond donors (Lipinski definition) is 0. The van der Waals surface area contributed by atoms with Gasteiger partial charge in [-0.1, -0.05) is 12.7 Å². The lowest BCUT2D eigenvalue weighted by atomic mass is 9.89. The molecule has 0 aliphatic carbocycles. The summed E-state index contributed by atoms with van der Waals surface area (Å²) in [5.74, 6) is 1.00. The van der Waals surface area contributed by atoms with Gasteiger partial charge in [-0.25, -0.2) is 4.99 Å². The quantitative estimate of drug-likeness (QED) is 0.284. The zero-order valence-electron chi connectivity index (χ0n) is 20.5. The van der Waals surface area contributed by atoms with Gasteiger partial charge in [0.25, 0.3) is 0 Å². The number of allylic oxidation sites excluding steroid dienone is 2. The van der Waals surface area contributed by atoms with Crippen LogP contribution in [0.4, 0.5) is 5.69 Å². The molecule has 3 rings (SSSR count). The zero-order valence-corrected chi connectivity index (χ0v) is 20.5. The molecule has 33 heavy (non-hydrogen) atoms. The molecule has 1 aliphatic heterocycles. The summed E-state index contributed by atoms with van der Waals surface area (Å²) in [6.45, 7) is 7.43. The minimum absolute atomic E-state index is 0.0544. The van der Waals surface area contributed by atoms with Crippen molar-refractivity contribution < 1.29 is 4.79 Å². The molecule has 2 aromatic rings. The number of aromatic nitrogens is 1. The molecule has 1 aliphatic rings. The van der Waals surface area contributed by atoms with Gasteiger partial charge in [-0.3, -0.25) is 9.78 Å². The highest BCUT2D eigenvalue weighted by Gasteiger charge is 2.29. The smallest absolute Gasteiger partial charge is 0.201 e. The second-order valence-corrected chi connectivity index (χ2v) is 8.87. The summed E-state index contributed by atoms with van der Waals surface area (Å²) in [6, 6.07) is 9.89. The molecule has 1 fully saturated rings. The topological polar surface area (TPSA) is 52.0 Å². The normalized spacial score (nSPS) is 17.0. The molecule has 0 radical (unpaired) electrons. The van der Waals surface area contributed by atoms with E-state index in [1.54, 1.807) is 18.5 Å². The van der Waals surface area contributed by atoms with Crippen LogP contribution in [0.5, 0.6) is 0 Å². The molecule has 174 valence electrons. The van der Waals surface area contributed by atoms with Crippen molar-refractivity contribution in [2.24, 2.45) is 10.9 Å². The third-order valence-corrected chi connectivity index (χ3v) is 5.91. The number of nitrogens with zero attached hydrogens (tertiary/aromatic N) is 5. The fourth-order valence-corrected chi connectivity index (χ4v) is 4.31. The Morgan fingerprint density at radius 1 is 1.15 bits per heavy atom. The van der Waals surface area contributed by atoms with Crippen LogP contribution in [0, 0.1) is 12.8 Å². The predicted octanol–water partition coefficient (Wildman–Crippen LogP) is 4.50. The number of pyridine rings is 1. The Kier molecular flexibility index (Phi) is 8.04. The Balaban J connectivity index is 1.85. The van der Waals surface area contributed by atoms with Crippen molar-refractivity contribution in [2.45, 2.75) is 19.8 Å². The van der Waals surface area contributed by atoms with E-state index >= 15 is 0 Å². The number of aliphatic imine (C=N–C) groups is 1. The summed E-state index contributed by atoms with van der Waals surface area (Å²) >= 11 is 0. The number of anilines is 1. The van der Waals surface area contributed by atoms with Crippen LogP contribution >= 0.6 is 0 Å². The van der Waals surface area contributed by atoms with Gasteiger partial charge in [0, 0.05) is 76.4 Å². The van der Waals surface area contributed by atoms with E-state index in [1.807, 2.05) is 69.5 Å². The first kappa shape index (κ1) is 24.2. The van der Waals surface area contributed by atoms with Gasteiger partial charge in [0.15, 0.2) is 5.78 Å². The molecule has 1 aromatic carbocycles. The van der Waals surface area contributed by atoms with Crippen LogP contribution in [0.3, 0.4) is 0 Å². The van der Waals surface area contributed by atoms with Gasteiger partial charge < -0.3 is 14.7 Å². The van der Waals surface area contributed by atoms with E-state index in [9.17, 15) is 4.79 Å². The number of guanidine groups is 1. The number of carbonyl (C=O) groups is 1. The SMILES string of the molecule is C=C/C=C(\N=C(N(C)C)N1CCCC(C(=O)c2ccc(N(C)C)c(C)c2)C1)c1ccncc1. The van der Waals surface area contributed by atoms with Gasteiger partial charge in [0.05, 0.1) is 5.70 Å². The summed E-state index contributed by atoms with van der Waals surface area (Å²) < 4.78 is 0. The Hall–Kier alpha value is -3.41. The number of carbonyl (C=O) groups excluding carboxylic acids is 1. The van der Waals surface area contributed by atoms with Gasteiger partial charge in [-0.05, 0) is 61.7 Å². The Bertz CT molecular complexity index is 1040. The van der Waals surface area contributed by atoms with Crippen molar-refractivity contribution in [3.63, 3.8) is 0 Å². The lowest BCUT2D eigenvalue weighted by Gasteiger charge is -2.36. The van der Waals surface area contributed by atoms with Crippen LogP contribution in [-0.2, 0) is 0 Å². The van der Waals surface area contributed by atoms with Gasteiger partial charge in [-0.15, -0.1) is 0 Å². The summed E-state index contributed by atoms with van der Waals surface area (Å²) in [6.07, 6.45) is 9.01. The number of aryl methyl sites for hydroxylation is 1. The fourth-order valence-electron chi connectivity index (χ4n) is 4.31. The van der Waals surface area contributed by atoms with Gasteiger partial charge >= 0.3 is 0 Å². The Labute approximate surface area is 197 Å². The second-order valence-electron chi connectivity index (χ2n) is 8.87. The first-order valence-electron chi connectivity index (χ1n) is 11.4. The van der Waals surface area contributed by atoms with E-state index in [0.29, 0.717) is 6.54 Å². The second kappa shape index (κ2) is 10.9. The minimum Gasteiger partial charge on any atom is -0.377 e. The highest BCUT2D eigenvalue weighted by Crippen LogP contribution is 2.26.